The van der Waals surface area contributed by atoms with Crippen LogP contribution in [0.1, 0.15) is 31.2 Å². The van der Waals surface area contributed by atoms with Crippen molar-refractivity contribution in [2.24, 2.45) is 5.92 Å². The summed E-state index contributed by atoms with van der Waals surface area (Å²) in [6, 6.07) is 3.64. The first-order valence-corrected chi connectivity index (χ1v) is 5.81. The van der Waals surface area contributed by atoms with Crippen molar-refractivity contribution in [1.29, 1.82) is 0 Å². The van der Waals surface area contributed by atoms with Crippen molar-refractivity contribution < 1.29 is 14.6 Å². The molecular formula is C13H19NO3. The molecule has 0 aliphatic carbocycles. The molecule has 0 radical (unpaired) electrons. The summed E-state index contributed by atoms with van der Waals surface area (Å²) >= 11 is 0. The van der Waals surface area contributed by atoms with E-state index in [0.29, 0.717) is 12.8 Å². The fourth-order valence-corrected chi connectivity index (χ4v) is 1.84. The summed E-state index contributed by atoms with van der Waals surface area (Å²) in [6.07, 6.45) is 1.99. The Morgan fingerprint density at radius 1 is 1.53 bits per heavy atom. The standard InChI is InChI=1S/C13H19NO3/c1-4-5-10(13(15)16)7-11-8-12(17-3)6-9(2)14-11/h6,8,10H,4-5,7H2,1-3H3,(H,15,16). The van der Waals surface area contributed by atoms with Gasteiger partial charge in [-0.25, -0.2) is 0 Å². The number of ether oxygens (including phenoxy) is 1. The molecule has 0 aromatic carbocycles. The van der Waals surface area contributed by atoms with Crippen LogP contribution in [0.25, 0.3) is 0 Å². The highest BCUT2D eigenvalue weighted by Gasteiger charge is 2.18. The minimum Gasteiger partial charge on any atom is -0.497 e. The number of carboxylic acids is 1. The fourth-order valence-electron chi connectivity index (χ4n) is 1.84. The molecule has 94 valence electrons. The second-order valence-electron chi connectivity index (χ2n) is 4.17. The Bertz CT molecular complexity index is 390. The van der Waals surface area contributed by atoms with E-state index in [1.807, 2.05) is 19.9 Å². The van der Waals surface area contributed by atoms with Gasteiger partial charge in [-0.3, -0.25) is 9.78 Å². The number of nitrogens with zero attached hydrogens (tertiary/aromatic N) is 1. The summed E-state index contributed by atoms with van der Waals surface area (Å²) in [5.41, 5.74) is 1.63. The van der Waals surface area contributed by atoms with Crippen molar-refractivity contribution in [3.05, 3.63) is 23.5 Å². The van der Waals surface area contributed by atoms with Gasteiger partial charge < -0.3 is 9.84 Å². The van der Waals surface area contributed by atoms with E-state index >= 15 is 0 Å². The molecular weight excluding hydrogens is 218 g/mol. The number of carboxylic acid groups (broad SMARTS) is 1. The molecule has 1 heterocycles. The van der Waals surface area contributed by atoms with Crippen LogP contribution in [-0.4, -0.2) is 23.2 Å². The van der Waals surface area contributed by atoms with Crippen LogP contribution >= 0.6 is 0 Å². The molecule has 1 aromatic rings. The first-order chi connectivity index (χ1) is 8.06. The zero-order valence-corrected chi connectivity index (χ0v) is 10.6. The SMILES string of the molecule is CCCC(Cc1cc(OC)cc(C)n1)C(=O)O. The first-order valence-electron chi connectivity index (χ1n) is 5.81. The Morgan fingerprint density at radius 3 is 2.76 bits per heavy atom. The Morgan fingerprint density at radius 2 is 2.24 bits per heavy atom. The van der Waals surface area contributed by atoms with E-state index in [1.165, 1.54) is 0 Å². The molecule has 0 spiro atoms. The maximum Gasteiger partial charge on any atom is 0.306 e. The second kappa shape index (κ2) is 6.23. The molecule has 0 amide bonds. The lowest BCUT2D eigenvalue weighted by Gasteiger charge is -2.12. The van der Waals surface area contributed by atoms with E-state index in [9.17, 15) is 4.79 Å². The minimum absolute atomic E-state index is 0.362. The van der Waals surface area contributed by atoms with E-state index < -0.39 is 5.97 Å². The summed E-state index contributed by atoms with van der Waals surface area (Å²) < 4.78 is 5.15. The van der Waals surface area contributed by atoms with Crippen molar-refractivity contribution in [2.45, 2.75) is 33.1 Å². The number of rotatable bonds is 6. The topological polar surface area (TPSA) is 59.4 Å². The zero-order chi connectivity index (χ0) is 12.8. The van der Waals surface area contributed by atoms with Crippen molar-refractivity contribution >= 4 is 5.97 Å². The lowest BCUT2D eigenvalue weighted by Crippen LogP contribution is -2.17. The quantitative estimate of drug-likeness (QED) is 0.825. The summed E-state index contributed by atoms with van der Waals surface area (Å²) in [6.45, 7) is 3.86. The Hall–Kier alpha value is -1.58. The molecule has 0 saturated heterocycles. The van der Waals surface area contributed by atoms with Crippen molar-refractivity contribution in [3.8, 4) is 5.75 Å². The zero-order valence-electron chi connectivity index (χ0n) is 10.6. The van der Waals surface area contributed by atoms with Gasteiger partial charge in [-0.15, -0.1) is 0 Å². The number of aryl methyl sites for hydroxylation is 1. The van der Waals surface area contributed by atoms with Gasteiger partial charge in [0, 0.05) is 29.9 Å². The van der Waals surface area contributed by atoms with Crippen LogP contribution in [0.4, 0.5) is 0 Å². The maximum absolute atomic E-state index is 11.1. The first kappa shape index (κ1) is 13.5. The third-order valence-corrected chi connectivity index (χ3v) is 2.66. The summed E-state index contributed by atoms with van der Waals surface area (Å²) in [4.78, 5) is 15.4. The molecule has 1 unspecified atom stereocenters. The minimum atomic E-state index is -0.755. The lowest BCUT2D eigenvalue weighted by molar-refractivity contribution is -0.142. The number of carbonyl (C=O) groups is 1. The van der Waals surface area contributed by atoms with Gasteiger partial charge in [-0.2, -0.15) is 0 Å². The number of hydrogen-bond donors (Lipinski definition) is 1. The molecule has 1 rings (SSSR count). The highest BCUT2D eigenvalue weighted by atomic mass is 16.5. The van der Waals surface area contributed by atoms with Gasteiger partial charge in [0.05, 0.1) is 13.0 Å². The van der Waals surface area contributed by atoms with Crippen LogP contribution in [0.3, 0.4) is 0 Å². The van der Waals surface area contributed by atoms with Crippen molar-refractivity contribution in [2.75, 3.05) is 7.11 Å². The molecule has 4 nitrogen and oxygen atoms in total. The Balaban J connectivity index is 2.84. The summed E-state index contributed by atoms with van der Waals surface area (Å²) in [7, 11) is 1.60. The van der Waals surface area contributed by atoms with Gasteiger partial charge in [0.1, 0.15) is 5.75 Å². The highest BCUT2D eigenvalue weighted by Crippen LogP contribution is 2.18. The van der Waals surface area contributed by atoms with Gasteiger partial charge in [0.2, 0.25) is 0 Å². The van der Waals surface area contributed by atoms with Crippen LogP contribution in [0.15, 0.2) is 12.1 Å². The third kappa shape index (κ3) is 4.06. The van der Waals surface area contributed by atoms with Crippen molar-refractivity contribution in [3.63, 3.8) is 0 Å². The maximum atomic E-state index is 11.1. The largest absolute Gasteiger partial charge is 0.497 e. The Labute approximate surface area is 102 Å². The second-order valence-corrected chi connectivity index (χ2v) is 4.17. The van der Waals surface area contributed by atoms with Gasteiger partial charge in [-0.1, -0.05) is 13.3 Å². The molecule has 0 aliphatic rings. The van der Waals surface area contributed by atoms with Gasteiger partial charge >= 0.3 is 5.97 Å². The average molecular weight is 237 g/mol. The van der Waals surface area contributed by atoms with Gasteiger partial charge in [-0.05, 0) is 13.3 Å². The van der Waals surface area contributed by atoms with E-state index in [2.05, 4.69) is 4.98 Å². The molecule has 0 bridgehead atoms. The monoisotopic (exact) mass is 237 g/mol. The highest BCUT2D eigenvalue weighted by molar-refractivity contribution is 5.70. The van der Waals surface area contributed by atoms with Crippen LogP contribution in [0.2, 0.25) is 0 Å². The van der Waals surface area contributed by atoms with E-state index in [0.717, 1.165) is 23.6 Å². The average Bonchev–Trinajstić information content (AvgIpc) is 2.27. The number of methoxy groups -OCH3 is 1. The van der Waals surface area contributed by atoms with Crippen LogP contribution in [0, 0.1) is 12.8 Å². The van der Waals surface area contributed by atoms with Gasteiger partial charge in [0.25, 0.3) is 0 Å². The predicted molar refractivity (Wildman–Crippen MR) is 65.3 cm³/mol. The summed E-state index contributed by atoms with van der Waals surface area (Å²) in [5.74, 6) is -0.388. The smallest absolute Gasteiger partial charge is 0.306 e. The lowest BCUT2D eigenvalue weighted by atomic mass is 9.97. The van der Waals surface area contributed by atoms with E-state index in [1.54, 1.807) is 13.2 Å². The number of hydrogen-bond acceptors (Lipinski definition) is 3. The molecule has 17 heavy (non-hydrogen) atoms. The van der Waals surface area contributed by atoms with Crippen LogP contribution in [0.5, 0.6) is 5.75 Å². The third-order valence-electron chi connectivity index (χ3n) is 2.66. The molecule has 1 N–H and O–H groups in total. The van der Waals surface area contributed by atoms with Crippen LogP contribution in [-0.2, 0) is 11.2 Å². The van der Waals surface area contributed by atoms with Crippen LogP contribution < -0.4 is 4.74 Å². The predicted octanol–water partition coefficient (Wildman–Crippen LogP) is 2.44. The molecule has 0 fully saturated rings. The number of pyridine rings is 1. The van der Waals surface area contributed by atoms with Gasteiger partial charge in [0.15, 0.2) is 0 Å². The molecule has 1 aromatic heterocycles. The normalized spacial score (nSPS) is 12.2. The van der Waals surface area contributed by atoms with E-state index in [-0.39, 0.29) is 5.92 Å². The summed E-state index contributed by atoms with van der Waals surface area (Å²) in [5, 5.41) is 9.10. The molecule has 4 heteroatoms. The number of aromatic nitrogens is 1. The molecule has 1 atom stereocenters. The number of aliphatic carboxylic acids is 1. The van der Waals surface area contributed by atoms with E-state index in [4.69, 9.17) is 9.84 Å². The van der Waals surface area contributed by atoms with Crippen molar-refractivity contribution in [1.82, 2.24) is 4.98 Å². The molecule has 0 saturated carbocycles. The Kier molecular flexibility index (Phi) is 4.94. The molecule has 0 aliphatic heterocycles. The fraction of sp³-hybridized carbons (Fsp3) is 0.538.